The number of hydrogen-bond acceptors (Lipinski definition) is 5. The maximum atomic E-state index is 4.52. The van der Waals surface area contributed by atoms with E-state index in [0.29, 0.717) is 0 Å². The lowest BCUT2D eigenvalue weighted by Crippen LogP contribution is -2.47. The van der Waals surface area contributed by atoms with Crippen molar-refractivity contribution in [1.82, 2.24) is 14.9 Å². The summed E-state index contributed by atoms with van der Waals surface area (Å²) >= 11 is 0. The number of nitrogens with zero attached hydrogens (tertiary/aromatic N) is 4. The van der Waals surface area contributed by atoms with Crippen LogP contribution in [0.1, 0.15) is 25.3 Å². The first-order chi connectivity index (χ1) is 9.33. The normalized spacial score (nSPS) is 20.6. The Balaban J connectivity index is 1.75. The third-order valence-electron chi connectivity index (χ3n) is 4.19. The molecule has 5 nitrogen and oxygen atoms in total. The highest BCUT2D eigenvalue weighted by Crippen LogP contribution is 2.29. The number of hydrogen-bond donors (Lipinski definition) is 1. The predicted octanol–water partition coefficient (Wildman–Crippen LogP) is 1.37. The number of aromatic nitrogens is 2. The van der Waals surface area contributed by atoms with Crippen LogP contribution in [-0.4, -0.2) is 54.1 Å². The van der Waals surface area contributed by atoms with Crippen LogP contribution >= 0.6 is 0 Å². The van der Waals surface area contributed by atoms with Gasteiger partial charge in [-0.25, -0.2) is 9.97 Å². The highest BCUT2D eigenvalue weighted by atomic mass is 15.3. The van der Waals surface area contributed by atoms with E-state index in [0.717, 1.165) is 37.2 Å². The molecule has 1 aromatic heterocycles. The van der Waals surface area contributed by atoms with Crippen molar-refractivity contribution in [3.8, 4) is 0 Å². The van der Waals surface area contributed by atoms with Gasteiger partial charge in [0.05, 0.1) is 0 Å². The van der Waals surface area contributed by atoms with E-state index in [4.69, 9.17) is 0 Å². The topological polar surface area (TPSA) is 44.3 Å². The maximum Gasteiger partial charge on any atom is 0.137 e. The third kappa shape index (κ3) is 2.52. The van der Waals surface area contributed by atoms with E-state index >= 15 is 0 Å². The van der Waals surface area contributed by atoms with E-state index in [9.17, 15) is 0 Å². The molecule has 1 aliphatic carbocycles. The second-order valence-electron chi connectivity index (χ2n) is 5.38. The van der Waals surface area contributed by atoms with Gasteiger partial charge in [0.15, 0.2) is 0 Å². The van der Waals surface area contributed by atoms with Gasteiger partial charge < -0.3 is 10.2 Å². The van der Waals surface area contributed by atoms with Crippen LogP contribution in [0.25, 0.3) is 0 Å². The molecule has 2 aliphatic rings. The first kappa shape index (κ1) is 12.7. The van der Waals surface area contributed by atoms with E-state index < -0.39 is 0 Å². The van der Waals surface area contributed by atoms with Gasteiger partial charge in [-0.1, -0.05) is 6.92 Å². The van der Waals surface area contributed by atoms with Crippen molar-refractivity contribution in [2.24, 2.45) is 0 Å². The Labute approximate surface area is 115 Å². The van der Waals surface area contributed by atoms with Gasteiger partial charge in [-0.2, -0.15) is 0 Å². The summed E-state index contributed by atoms with van der Waals surface area (Å²) < 4.78 is 0. The minimum Gasteiger partial charge on any atom is -0.373 e. The molecule has 1 aromatic rings. The highest BCUT2D eigenvalue weighted by molar-refractivity contribution is 5.58. The predicted molar refractivity (Wildman–Crippen MR) is 77.8 cm³/mol. The molecule has 0 amide bonds. The molecule has 1 N–H and O–H groups in total. The summed E-state index contributed by atoms with van der Waals surface area (Å²) in [5.41, 5.74) is 1.24. The van der Waals surface area contributed by atoms with Crippen LogP contribution in [0.5, 0.6) is 0 Å². The van der Waals surface area contributed by atoms with E-state index in [1.807, 2.05) is 7.05 Å². The van der Waals surface area contributed by atoms with Crippen LogP contribution in [0.15, 0.2) is 6.33 Å². The van der Waals surface area contributed by atoms with Gasteiger partial charge in [0.25, 0.3) is 0 Å². The molecule has 0 spiro atoms. The van der Waals surface area contributed by atoms with Crippen LogP contribution in [0, 0.1) is 0 Å². The fourth-order valence-corrected chi connectivity index (χ4v) is 2.96. The van der Waals surface area contributed by atoms with Gasteiger partial charge in [-0.3, -0.25) is 4.90 Å². The molecule has 1 aliphatic heterocycles. The molecule has 5 heteroatoms. The molecular weight excluding hydrogens is 238 g/mol. The van der Waals surface area contributed by atoms with Gasteiger partial charge in [-0.15, -0.1) is 0 Å². The number of nitrogens with one attached hydrogen (secondary N) is 1. The average molecular weight is 261 g/mol. The first-order valence-electron chi connectivity index (χ1n) is 7.34. The molecule has 104 valence electrons. The Hall–Kier alpha value is -1.36. The van der Waals surface area contributed by atoms with Crippen LogP contribution in [0.4, 0.5) is 11.6 Å². The zero-order valence-electron chi connectivity index (χ0n) is 11.9. The van der Waals surface area contributed by atoms with Gasteiger partial charge >= 0.3 is 0 Å². The number of anilines is 2. The molecule has 0 atom stereocenters. The second kappa shape index (κ2) is 5.33. The molecule has 19 heavy (non-hydrogen) atoms. The lowest BCUT2D eigenvalue weighted by molar-refractivity contribution is 0.247. The smallest absolute Gasteiger partial charge is 0.137 e. The Kier molecular flexibility index (Phi) is 3.55. The zero-order chi connectivity index (χ0) is 13.2. The van der Waals surface area contributed by atoms with Gasteiger partial charge in [0.2, 0.25) is 0 Å². The molecule has 0 bridgehead atoms. The average Bonchev–Trinajstić information content (AvgIpc) is 3.31. The standard InChI is InChI=1S/C14H23N5/c1-3-12-13(15-2)16-10-17-14(12)19-8-6-18(7-9-19)11-4-5-11/h10-11H,3-9H2,1-2H3,(H,15,16,17). The van der Waals surface area contributed by atoms with Gasteiger partial charge in [0, 0.05) is 44.8 Å². The summed E-state index contributed by atoms with van der Waals surface area (Å²) in [6.07, 6.45) is 5.44. The van der Waals surface area contributed by atoms with Crippen molar-refractivity contribution in [2.45, 2.75) is 32.2 Å². The van der Waals surface area contributed by atoms with Crippen molar-refractivity contribution in [2.75, 3.05) is 43.4 Å². The van der Waals surface area contributed by atoms with Crippen molar-refractivity contribution in [3.05, 3.63) is 11.9 Å². The lowest BCUT2D eigenvalue weighted by Gasteiger charge is -2.36. The summed E-state index contributed by atoms with van der Waals surface area (Å²) in [6.45, 7) is 6.69. The summed E-state index contributed by atoms with van der Waals surface area (Å²) in [5, 5.41) is 3.17. The SMILES string of the molecule is CCc1c(NC)ncnc1N1CCN(C2CC2)CC1. The van der Waals surface area contributed by atoms with E-state index in [2.05, 4.69) is 32.0 Å². The molecule has 3 rings (SSSR count). The van der Waals surface area contributed by atoms with Gasteiger partial charge in [-0.05, 0) is 19.3 Å². The summed E-state index contributed by atoms with van der Waals surface area (Å²) in [7, 11) is 1.93. The molecule has 0 radical (unpaired) electrons. The van der Waals surface area contributed by atoms with Crippen molar-refractivity contribution in [1.29, 1.82) is 0 Å². The number of piperazine rings is 1. The Bertz CT molecular complexity index is 435. The van der Waals surface area contributed by atoms with Crippen molar-refractivity contribution in [3.63, 3.8) is 0 Å². The molecule has 2 fully saturated rings. The molecular formula is C14H23N5. The maximum absolute atomic E-state index is 4.52. The minimum absolute atomic E-state index is 0.881. The van der Waals surface area contributed by atoms with Crippen LogP contribution in [0.2, 0.25) is 0 Å². The number of rotatable bonds is 4. The monoisotopic (exact) mass is 261 g/mol. The van der Waals surface area contributed by atoms with E-state index in [-0.39, 0.29) is 0 Å². The van der Waals surface area contributed by atoms with Gasteiger partial charge in [0.1, 0.15) is 18.0 Å². The molecule has 0 unspecified atom stereocenters. The second-order valence-corrected chi connectivity index (χ2v) is 5.38. The Morgan fingerprint density at radius 2 is 1.95 bits per heavy atom. The van der Waals surface area contributed by atoms with Crippen molar-refractivity contribution < 1.29 is 0 Å². The zero-order valence-corrected chi connectivity index (χ0v) is 11.9. The Morgan fingerprint density at radius 1 is 1.21 bits per heavy atom. The summed E-state index contributed by atoms with van der Waals surface area (Å²) in [6, 6.07) is 0.881. The first-order valence-corrected chi connectivity index (χ1v) is 7.34. The highest BCUT2D eigenvalue weighted by Gasteiger charge is 2.31. The van der Waals surface area contributed by atoms with Crippen LogP contribution < -0.4 is 10.2 Å². The molecule has 1 saturated heterocycles. The summed E-state index contributed by atoms with van der Waals surface area (Å²) in [5.74, 6) is 2.09. The molecule has 1 saturated carbocycles. The lowest BCUT2D eigenvalue weighted by atomic mass is 10.2. The molecule has 0 aromatic carbocycles. The molecule has 2 heterocycles. The Morgan fingerprint density at radius 3 is 2.53 bits per heavy atom. The van der Waals surface area contributed by atoms with E-state index in [1.54, 1.807) is 6.33 Å². The fourth-order valence-electron chi connectivity index (χ4n) is 2.96. The quantitative estimate of drug-likeness (QED) is 0.886. The fraction of sp³-hybridized carbons (Fsp3) is 0.714. The van der Waals surface area contributed by atoms with E-state index in [1.165, 1.54) is 31.5 Å². The third-order valence-corrected chi connectivity index (χ3v) is 4.19. The van der Waals surface area contributed by atoms with Crippen LogP contribution in [-0.2, 0) is 6.42 Å². The van der Waals surface area contributed by atoms with Crippen molar-refractivity contribution >= 4 is 11.6 Å². The largest absolute Gasteiger partial charge is 0.373 e. The van der Waals surface area contributed by atoms with Crippen LogP contribution in [0.3, 0.4) is 0 Å². The summed E-state index contributed by atoms with van der Waals surface area (Å²) in [4.78, 5) is 13.9. The minimum atomic E-state index is 0.881.